The van der Waals surface area contributed by atoms with Crippen molar-refractivity contribution in [3.05, 3.63) is 12.2 Å². The van der Waals surface area contributed by atoms with Gasteiger partial charge >= 0.3 is 0 Å². The first-order valence-electron chi connectivity index (χ1n) is 17.2. The highest BCUT2D eigenvalue weighted by Gasteiger charge is 2.44. The first kappa shape index (κ1) is 39.8. The lowest BCUT2D eigenvalue weighted by Gasteiger charge is -2.24. The number of carbonyl (C=O) groups excluding carboxylic acids is 7. The van der Waals surface area contributed by atoms with Crippen molar-refractivity contribution in [2.75, 3.05) is 32.7 Å². The van der Waals surface area contributed by atoms with Gasteiger partial charge in [-0.25, -0.2) is 0 Å². The summed E-state index contributed by atoms with van der Waals surface area (Å²) in [5.41, 5.74) is -0.254. The van der Waals surface area contributed by atoms with Gasteiger partial charge in [0.25, 0.3) is 11.8 Å². The van der Waals surface area contributed by atoms with E-state index in [0.29, 0.717) is 32.4 Å². The van der Waals surface area contributed by atoms with Gasteiger partial charge < -0.3 is 16.0 Å². The van der Waals surface area contributed by atoms with Crippen molar-refractivity contribution in [3.63, 3.8) is 0 Å². The van der Waals surface area contributed by atoms with E-state index in [0.717, 1.165) is 37.1 Å². The van der Waals surface area contributed by atoms with Gasteiger partial charge in [0.15, 0.2) is 0 Å². The highest BCUT2D eigenvalue weighted by atomic mass is 16.2. The second-order valence-electron chi connectivity index (χ2n) is 14.8. The van der Waals surface area contributed by atoms with Crippen molar-refractivity contribution in [1.82, 2.24) is 25.8 Å². The predicted octanol–water partition coefficient (Wildman–Crippen LogP) is 3.04. The van der Waals surface area contributed by atoms with Crippen LogP contribution in [-0.4, -0.2) is 89.3 Å². The molecule has 0 aromatic heterocycles. The second kappa shape index (κ2) is 18.8. The number of unbranched alkanes of at least 4 members (excludes halogenated alkanes) is 4. The average Bonchev–Trinajstić information content (AvgIpc) is 3.46. The summed E-state index contributed by atoms with van der Waals surface area (Å²) in [5, 5.41) is 9.23. The first-order chi connectivity index (χ1) is 22.0. The highest BCUT2D eigenvalue weighted by Crippen LogP contribution is 2.35. The van der Waals surface area contributed by atoms with Crippen LogP contribution in [0.25, 0.3) is 0 Å². The number of nitrogens with one attached hydrogen (secondary N) is 3. The molecular weight excluding hydrogens is 602 g/mol. The molecule has 0 saturated carbocycles. The van der Waals surface area contributed by atoms with E-state index in [1.807, 2.05) is 20.8 Å². The Morgan fingerprint density at radius 1 is 0.766 bits per heavy atom. The number of rotatable bonds is 21. The lowest BCUT2D eigenvalue weighted by Crippen LogP contribution is -2.36. The molecule has 0 bridgehead atoms. The average molecular weight is 660 g/mol. The van der Waals surface area contributed by atoms with E-state index in [9.17, 15) is 33.6 Å². The van der Waals surface area contributed by atoms with Crippen LogP contribution in [0.15, 0.2) is 12.2 Å². The van der Waals surface area contributed by atoms with E-state index < -0.39 is 23.7 Å². The molecule has 2 heterocycles. The molecule has 264 valence electrons. The number of nitrogens with zero attached hydrogens (tertiary/aromatic N) is 2. The minimum atomic E-state index is -0.554. The third-order valence-corrected chi connectivity index (χ3v) is 8.57. The summed E-state index contributed by atoms with van der Waals surface area (Å²) in [6.07, 6.45) is 8.10. The molecule has 1 fully saturated rings. The summed E-state index contributed by atoms with van der Waals surface area (Å²) in [7, 11) is 0. The Balaban J connectivity index is 1.80. The van der Waals surface area contributed by atoms with Crippen molar-refractivity contribution in [2.45, 2.75) is 118 Å². The molecule has 12 nitrogen and oxygen atoms in total. The quantitative estimate of drug-likeness (QED) is 0.125. The van der Waals surface area contributed by atoms with Crippen LogP contribution < -0.4 is 16.0 Å². The Morgan fingerprint density at radius 3 is 1.94 bits per heavy atom. The smallest absolute Gasteiger partial charge is 0.253 e. The van der Waals surface area contributed by atoms with Crippen molar-refractivity contribution in [3.8, 4) is 0 Å². The fourth-order valence-corrected chi connectivity index (χ4v) is 5.65. The Morgan fingerprint density at radius 2 is 1.34 bits per heavy atom. The van der Waals surface area contributed by atoms with Crippen molar-refractivity contribution >= 4 is 41.2 Å². The van der Waals surface area contributed by atoms with E-state index in [1.165, 1.54) is 17.1 Å². The van der Waals surface area contributed by atoms with Crippen LogP contribution in [0.4, 0.5) is 0 Å². The molecule has 12 heteroatoms. The van der Waals surface area contributed by atoms with Crippen LogP contribution >= 0.6 is 0 Å². The molecule has 1 unspecified atom stereocenters. The fourth-order valence-electron chi connectivity index (χ4n) is 5.65. The van der Waals surface area contributed by atoms with Gasteiger partial charge in [-0.1, -0.05) is 40.0 Å². The normalized spacial score (nSPS) is 17.5. The number of ketones is 1. The largest absolute Gasteiger partial charge is 0.356 e. The molecule has 3 N–H and O–H groups in total. The molecule has 2 atom stereocenters. The maximum absolute atomic E-state index is 13.2. The van der Waals surface area contributed by atoms with Gasteiger partial charge in [-0.2, -0.15) is 0 Å². The van der Waals surface area contributed by atoms with Crippen LogP contribution in [0.3, 0.4) is 0 Å². The number of imide groups is 2. The number of carbonyl (C=O) groups is 7. The SMILES string of the molecule is CC(C)(C)NCCCCCCNC(=O)[C@H](CCCCNC(=O)CCN1C(=O)C=CC1=O)CC(=O)CCN1C(=O)CC(C(C)(C)C)C1=O. The van der Waals surface area contributed by atoms with Gasteiger partial charge in [-0.05, 0) is 58.4 Å². The van der Waals surface area contributed by atoms with Crippen LogP contribution in [0.2, 0.25) is 0 Å². The molecule has 0 spiro atoms. The molecule has 2 aliphatic rings. The van der Waals surface area contributed by atoms with E-state index in [1.54, 1.807) is 0 Å². The van der Waals surface area contributed by atoms with Crippen LogP contribution in [0.5, 0.6) is 0 Å². The number of Topliss-reactive ketones (excluding diaryl/α,β-unsaturated/α-hetero) is 1. The van der Waals surface area contributed by atoms with Crippen LogP contribution in [0.1, 0.15) is 112 Å². The molecule has 0 aromatic carbocycles. The van der Waals surface area contributed by atoms with Gasteiger partial charge in [-0.15, -0.1) is 0 Å². The molecule has 2 aliphatic heterocycles. The maximum Gasteiger partial charge on any atom is 0.253 e. The van der Waals surface area contributed by atoms with Crippen molar-refractivity contribution in [2.24, 2.45) is 17.3 Å². The first-order valence-corrected chi connectivity index (χ1v) is 17.2. The monoisotopic (exact) mass is 659 g/mol. The van der Waals surface area contributed by atoms with Gasteiger partial charge in [0.2, 0.25) is 23.6 Å². The minimum absolute atomic E-state index is 0.00428. The van der Waals surface area contributed by atoms with E-state index in [2.05, 4.69) is 36.7 Å². The predicted molar refractivity (Wildman–Crippen MR) is 179 cm³/mol. The van der Waals surface area contributed by atoms with E-state index in [-0.39, 0.29) is 79.1 Å². The van der Waals surface area contributed by atoms with E-state index >= 15 is 0 Å². The lowest BCUT2D eigenvalue weighted by molar-refractivity contribution is -0.141. The number of hydrogen-bond acceptors (Lipinski definition) is 8. The Kier molecular flexibility index (Phi) is 15.9. The number of amides is 6. The topological polar surface area (TPSA) is 162 Å². The van der Waals surface area contributed by atoms with Crippen LogP contribution in [-0.2, 0) is 33.6 Å². The summed E-state index contributed by atoms with van der Waals surface area (Å²) in [4.78, 5) is 89.2. The Hall–Kier alpha value is -3.41. The van der Waals surface area contributed by atoms with Gasteiger partial charge in [0.05, 0.1) is 5.92 Å². The van der Waals surface area contributed by atoms with Crippen molar-refractivity contribution < 1.29 is 33.6 Å². The molecule has 0 aliphatic carbocycles. The van der Waals surface area contributed by atoms with Crippen molar-refractivity contribution in [1.29, 1.82) is 0 Å². The van der Waals surface area contributed by atoms with Gasteiger partial charge in [0, 0.05) is 75.5 Å². The fraction of sp³-hybridized carbons (Fsp3) is 0.743. The second-order valence-corrected chi connectivity index (χ2v) is 14.8. The molecule has 1 saturated heterocycles. The highest BCUT2D eigenvalue weighted by molar-refractivity contribution is 6.13. The van der Waals surface area contributed by atoms with Gasteiger partial charge in [0.1, 0.15) is 5.78 Å². The summed E-state index contributed by atoms with van der Waals surface area (Å²) in [6, 6.07) is 0. The third kappa shape index (κ3) is 14.5. The van der Waals surface area contributed by atoms with E-state index in [4.69, 9.17) is 0 Å². The summed E-state index contributed by atoms with van der Waals surface area (Å²) in [5.74, 6) is -2.96. The Bertz CT molecular complexity index is 1150. The summed E-state index contributed by atoms with van der Waals surface area (Å²) in [6.45, 7) is 14.0. The minimum Gasteiger partial charge on any atom is -0.356 e. The Labute approximate surface area is 280 Å². The standard InChI is InChI=1S/C35H57N5O7/c1-34(2,3)27-24-31(45)40(33(27)47)21-16-26(41)23-25(32(46)37-19-10-7-8-11-20-38-35(4,5)6)13-9-12-18-36-28(42)17-22-39-29(43)14-15-30(39)44/h14-15,25,27,38H,7-13,16-24H2,1-6H3,(H,36,42)(H,37,46)/t25-,27?/m1/s1. The number of likely N-dealkylation sites (tertiary alicyclic amines) is 1. The molecule has 0 radical (unpaired) electrons. The molecular formula is C35H57N5O7. The molecule has 0 aromatic rings. The lowest BCUT2D eigenvalue weighted by atomic mass is 9.80. The van der Waals surface area contributed by atoms with Gasteiger partial charge in [-0.3, -0.25) is 43.4 Å². The molecule has 47 heavy (non-hydrogen) atoms. The summed E-state index contributed by atoms with van der Waals surface area (Å²) < 4.78 is 0. The molecule has 6 amide bonds. The summed E-state index contributed by atoms with van der Waals surface area (Å²) >= 11 is 0. The zero-order valence-electron chi connectivity index (χ0n) is 29.4. The zero-order valence-corrected chi connectivity index (χ0v) is 29.4. The third-order valence-electron chi connectivity index (χ3n) is 8.57. The number of hydrogen-bond donors (Lipinski definition) is 3. The zero-order chi connectivity index (χ0) is 35.2. The molecule has 2 rings (SSSR count). The van der Waals surface area contributed by atoms with Crippen LogP contribution in [0, 0.1) is 17.3 Å². The maximum atomic E-state index is 13.2.